The molecule has 0 saturated carbocycles. The Kier molecular flexibility index (Phi) is 5.64. The van der Waals surface area contributed by atoms with Crippen molar-refractivity contribution in [1.29, 1.82) is 0 Å². The van der Waals surface area contributed by atoms with Crippen LogP contribution in [0.25, 0.3) is 0 Å². The molecular weight excluding hydrogens is 257 g/mol. The SMILES string of the molecule is O=C(Cc1ccccc1F)NC(CCS)C(=O)O. The maximum Gasteiger partial charge on any atom is 0.326 e. The Morgan fingerprint density at radius 2 is 2.06 bits per heavy atom. The smallest absolute Gasteiger partial charge is 0.326 e. The lowest BCUT2D eigenvalue weighted by atomic mass is 10.1. The normalized spacial score (nSPS) is 11.9. The summed E-state index contributed by atoms with van der Waals surface area (Å²) < 4.78 is 13.3. The molecule has 1 aromatic carbocycles. The maximum absolute atomic E-state index is 13.3. The van der Waals surface area contributed by atoms with Crippen molar-refractivity contribution in [2.24, 2.45) is 0 Å². The lowest BCUT2D eigenvalue weighted by Gasteiger charge is -2.13. The highest BCUT2D eigenvalue weighted by Gasteiger charge is 2.19. The van der Waals surface area contributed by atoms with Gasteiger partial charge in [-0.1, -0.05) is 18.2 Å². The van der Waals surface area contributed by atoms with Gasteiger partial charge in [-0.05, 0) is 23.8 Å². The van der Waals surface area contributed by atoms with Gasteiger partial charge in [-0.3, -0.25) is 4.79 Å². The number of carboxylic acid groups (broad SMARTS) is 1. The number of thiol groups is 1. The van der Waals surface area contributed by atoms with Crippen molar-refractivity contribution >= 4 is 24.5 Å². The molecule has 0 radical (unpaired) electrons. The Labute approximate surface area is 110 Å². The fraction of sp³-hybridized carbons (Fsp3) is 0.333. The summed E-state index contributed by atoms with van der Waals surface area (Å²) in [6.45, 7) is 0. The molecule has 0 aromatic heterocycles. The molecule has 0 fully saturated rings. The van der Waals surface area contributed by atoms with E-state index in [1.165, 1.54) is 18.2 Å². The van der Waals surface area contributed by atoms with E-state index < -0.39 is 23.7 Å². The summed E-state index contributed by atoms with van der Waals surface area (Å²) in [5.74, 6) is -1.77. The van der Waals surface area contributed by atoms with E-state index in [-0.39, 0.29) is 18.4 Å². The number of carbonyl (C=O) groups excluding carboxylic acids is 1. The Balaban J connectivity index is 2.61. The quantitative estimate of drug-likeness (QED) is 0.682. The molecule has 0 saturated heterocycles. The second-order valence-electron chi connectivity index (χ2n) is 3.74. The number of hydrogen-bond donors (Lipinski definition) is 3. The van der Waals surface area contributed by atoms with Gasteiger partial charge in [0.2, 0.25) is 5.91 Å². The minimum absolute atomic E-state index is 0.178. The van der Waals surface area contributed by atoms with Gasteiger partial charge in [0.1, 0.15) is 11.9 Å². The largest absolute Gasteiger partial charge is 0.480 e. The Morgan fingerprint density at radius 3 is 2.61 bits per heavy atom. The molecule has 0 aliphatic heterocycles. The Morgan fingerprint density at radius 1 is 1.39 bits per heavy atom. The van der Waals surface area contributed by atoms with Crippen LogP contribution in [0.15, 0.2) is 24.3 Å². The number of rotatable bonds is 6. The molecule has 4 nitrogen and oxygen atoms in total. The molecular formula is C12H14FNO3S. The minimum Gasteiger partial charge on any atom is -0.480 e. The van der Waals surface area contributed by atoms with Crippen molar-refractivity contribution < 1.29 is 19.1 Å². The summed E-state index contributed by atoms with van der Waals surface area (Å²) in [5, 5.41) is 11.2. The first-order valence-electron chi connectivity index (χ1n) is 5.41. The molecule has 0 spiro atoms. The van der Waals surface area contributed by atoms with Gasteiger partial charge in [-0.25, -0.2) is 9.18 Å². The molecule has 1 amide bonds. The molecule has 0 heterocycles. The predicted octanol–water partition coefficient (Wildman–Crippen LogP) is 1.26. The summed E-state index contributed by atoms with van der Waals surface area (Å²) in [5.41, 5.74) is 0.241. The average Bonchev–Trinajstić information content (AvgIpc) is 2.31. The van der Waals surface area contributed by atoms with E-state index in [0.29, 0.717) is 5.75 Å². The van der Waals surface area contributed by atoms with Crippen LogP contribution in [0.5, 0.6) is 0 Å². The summed E-state index contributed by atoms with van der Waals surface area (Å²) in [4.78, 5) is 22.4. The van der Waals surface area contributed by atoms with Crippen LogP contribution in [-0.2, 0) is 16.0 Å². The van der Waals surface area contributed by atoms with Crippen LogP contribution in [0.4, 0.5) is 4.39 Å². The Bertz CT molecular complexity index is 439. The molecule has 0 aliphatic carbocycles. The summed E-state index contributed by atoms with van der Waals surface area (Å²) in [7, 11) is 0. The van der Waals surface area contributed by atoms with Crippen molar-refractivity contribution in [2.75, 3.05) is 5.75 Å². The van der Waals surface area contributed by atoms with Crippen LogP contribution < -0.4 is 5.32 Å². The topological polar surface area (TPSA) is 66.4 Å². The highest BCUT2D eigenvalue weighted by atomic mass is 32.1. The average molecular weight is 271 g/mol. The van der Waals surface area contributed by atoms with Gasteiger partial charge in [0.15, 0.2) is 0 Å². The first-order valence-corrected chi connectivity index (χ1v) is 6.04. The molecule has 1 aromatic rings. The number of nitrogens with one attached hydrogen (secondary N) is 1. The number of amides is 1. The fourth-order valence-electron chi connectivity index (χ4n) is 1.45. The van der Waals surface area contributed by atoms with Crippen LogP contribution in [-0.4, -0.2) is 28.8 Å². The zero-order valence-electron chi connectivity index (χ0n) is 9.60. The number of aliphatic carboxylic acids is 1. The van der Waals surface area contributed by atoms with Crippen LogP contribution in [0.1, 0.15) is 12.0 Å². The van der Waals surface area contributed by atoms with Crippen molar-refractivity contribution in [1.82, 2.24) is 5.32 Å². The molecule has 0 aliphatic rings. The van der Waals surface area contributed by atoms with E-state index in [0.717, 1.165) is 0 Å². The van der Waals surface area contributed by atoms with Gasteiger partial charge in [0.05, 0.1) is 6.42 Å². The monoisotopic (exact) mass is 271 g/mol. The number of benzene rings is 1. The number of carboxylic acids is 1. The lowest BCUT2D eigenvalue weighted by Crippen LogP contribution is -2.41. The maximum atomic E-state index is 13.3. The standard InChI is InChI=1S/C12H14FNO3S/c13-9-4-2-1-3-8(9)7-11(15)14-10(5-6-18)12(16)17/h1-4,10,18H,5-7H2,(H,14,15)(H,16,17). The second kappa shape index (κ2) is 7.00. The van der Waals surface area contributed by atoms with E-state index in [2.05, 4.69) is 17.9 Å². The highest BCUT2D eigenvalue weighted by molar-refractivity contribution is 7.80. The number of halogens is 1. The van der Waals surface area contributed by atoms with Gasteiger partial charge in [0, 0.05) is 0 Å². The summed E-state index contributed by atoms with van der Waals surface area (Å²) >= 11 is 3.92. The minimum atomic E-state index is -1.12. The third kappa shape index (κ3) is 4.37. The third-order valence-corrected chi connectivity index (χ3v) is 2.62. The Hall–Kier alpha value is -1.56. The number of hydrogen-bond acceptors (Lipinski definition) is 3. The first-order chi connectivity index (χ1) is 8.54. The van der Waals surface area contributed by atoms with Crippen molar-refractivity contribution in [3.63, 3.8) is 0 Å². The van der Waals surface area contributed by atoms with E-state index in [9.17, 15) is 14.0 Å². The summed E-state index contributed by atoms with van der Waals surface area (Å²) in [6, 6.07) is 4.90. The van der Waals surface area contributed by atoms with Gasteiger partial charge in [-0.15, -0.1) is 0 Å². The number of carbonyl (C=O) groups is 2. The summed E-state index contributed by atoms with van der Waals surface area (Å²) in [6.07, 6.45) is 0.0461. The van der Waals surface area contributed by atoms with Crippen molar-refractivity contribution in [2.45, 2.75) is 18.9 Å². The van der Waals surface area contributed by atoms with E-state index in [1.54, 1.807) is 6.07 Å². The molecule has 0 bridgehead atoms. The molecule has 1 unspecified atom stereocenters. The third-order valence-electron chi connectivity index (χ3n) is 2.36. The molecule has 2 N–H and O–H groups in total. The fourth-order valence-corrected chi connectivity index (χ4v) is 1.70. The molecule has 1 rings (SSSR count). The van der Waals surface area contributed by atoms with Crippen LogP contribution in [0.2, 0.25) is 0 Å². The van der Waals surface area contributed by atoms with Crippen molar-refractivity contribution in [3.05, 3.63) is 35.6 Å². The predicted molar refractivity (Wildman–Crippen MR) is 68.1 cm³/mol. The van der Waals surface area contributed by atoms with Crippen LogP contribution >= 0.6 is 12.6 Å². The van der Waals surface area contributed by atoms with Gasteiger partial charge >= 0.3 is 5.97 Å². The van der Waals surface area contributed by atoms with Crippen molar-refractivity contribution in [3.8, 4) is 0 Å². The lowest BCUT2D eigenvalue weighted by molar-refractivity contribution is -0.141. The highest BCUT2D eigenvalue weighted by Crippen LogP contribution is 2.07. The zero-order valence-corrected chi connectivity index (χ0v) is 10.5. The first kappa shape index (κ1) is 14.5. The van der Waals surface area contributed by atoms with E-state index >= 15 is 0 Å². The zero-order chi connectivity index (χ0) is 13.5. The molecule has 98 valence electrons. The van der Waals surface area contributed by atoms with Gasteiger partial charge in [0.25, 0.3) is 0 Å². The second-order valence-corrected chi connectivity index (χ2v) is 4.19. The molecule has 1 atom stereocenters. The van der Waals surface area contributed by atoms with E-state index in [4.69, 9.17) is 5.11 Å². The molecule has 18 heavy (non-hydrogen) atoms. The van der Waals surface area contributed by atoms with E-state index in [1.807, 2.05) is 0 Å². The van der Waals surface area contributed by atoms with Gasteiger partial charge in [-0.2, -0.15) is 12.6 Å². The van der Waals surface area contributed by atoms with Crippen LogP contribution in [0.3, 0.4) is 0 Å². The molecule has 6 heteroatoms. The van der Waals surface area contributed by atoms with Gasteiger partial charge < -0.3 is 10.4 Å². The van der Waals surface area contributed by atoms with Crippen LogP contribution in [0, 0.1) is 5.82 Å².